The summed E-state index contributed by atoms with van der Waals surface area (Å²) in [6.07, 6.45) is 1.28. The fraction of sp³-hybridized carbons (Fsp3) is 0.417. The van der Waals surface area contributed by atoms with Crippen molar-refractivity contribution in [1.29, 1.82) is 0 Å². The Labute approximate surface area is 182 Å². The van der Waals surface area contributed by atoms with Gasteiger partial charge in [0.25, 0.3) is 5.91 Å². The Morgan fingerprint density at radius 1 is 1.13 bits per heavy atom. The molecule has 0 spiro atoms. The van der Waals surface area contributed by atoms with E-state index in [1.807, 2.05) is 46.8 Å². The standard InChI is InChI=1S/C24H29N3O4/c1-6-18-19(8-9-20-21(18)30-11-10-29-20)23(28)25-27-22(26-31-24(27,5)7-2)17-13-15(3)12-16(4)14-17/h8-9,12-14H,6-7,10-11H2,1-5H3,(H,25,28). The first-order chi connectivity index (χ1) is 14.9. The summed E-state index contributed by atoms with van der Waals surface area (Å²) in [7, 11) is 0. The van der Waals surface area contributed by atoms with Crippen LogP contribution in [-0.4, -0.2) is 35.7 Å². The lowest BCUT2D eigenvalue weighted by atomic mass is 10.0. The van der Waals surface area contributed by atoms with Crippen molar-refractivity contribution in [1.82, 2.24) is 10.4 Å². The zero-order valence-electron chi connectivity index (χ0n) is 18.7. The second-order valence-electron chi connectivity index (χ2n) is 8.16. The zero-order valence-corrected chi connectivity index (χ0v) is 18.7. The average Bonchev–Trinajstić information content (AvgIpc) is 3.08. The third-order valence-corrected chi connectivity index (χ3v) is 5.77. The quantitative estimate of drug-likeness (QED) is 0.784. The Bertz CT molecular complexity index is 1030. The topological polar surface area (TPSA) is 72.4 Å². The van der Waals surface area contributed by atoms with E-state index < -0.39 is 5.72 Å². The number of fused-ring (bicyclic) bond motifs is 1. The van der Waals surface area contributed by atoms with Crippen LogP contribution in [0.2, 0.25) is 0 Å². The first-order valence-electron chi connectivity index (χ1n) is 10.7. The van der Waals surface area contributed by atoms with Gasteiger partial charge in [-0.3, -0.25) is 10.2 Å². The number of oxime groups is 1. The minimum absolute atomic E-state index is 0.240. The number of nitrogens with one attached hydrogen (secondary N) is 1. The highest BCUT2D eigenvalue weighted by molar-refractivity contribution is 6.03. The molecule has 164 valence electrons. The fourth-order valence-corrected chi connectivity index (χ4v) is 4.03. The van der Waals surface area contributed by atoms with Crippen LogP contribution in [0.15, 0.2) is 35.5 Å². The molecule has 1 amide bonds. The molecular formula is C24H29N3O4. The molecule has 0 aliphatic carbocycles. The van der Waals surface area contributed by atoms with Gasteiger partial charge in [-0.1, -0.05) is 36.2 Å². The molecule has 2 aromatic rings. The number of rotatable bonds is 5. The third kappa shape index (κ3) is 3.80. The summed E-state index contributed by atoms with van der Waals surface area (Å²) in [4.78, 5) is 19.2. The molecule has 4 rings (SSSR count). The van der Waals surface area contributed by atoms with Crippen molar-refractivity contribution >= 4 is 11.7 Å². The van der Waals surface area contributed by atoms with Crippen LogP contribution >= 0.6 is 0 Å². The van der Waals surface area contributed by atoms with Crippen LogP contribution in [0.25, 0.3) is 0 Å². The number of nitrogens with zero attached hydrogens (tertiary/aromatic N) is 2. The van der Waals surface area contributed by atoms with E-state index in [2.05, 4.69) is 16.6 Å². The summed E-state index contributed by atoms with van der Waals surface area (Å²) in [5.74, 6) is 1.68. The molecule has 7 heteroatoms. The molecule has 0 bridgehead atoms. The third-order valence-electron chi connectivity index (χ3n) is 5.77. The number of aryl methyl sites for hydroxylation is 2. The van der Waals surface area contributed by atoms with Crippen LogP contribution in [0.1, 0.15) is 59.8 Å². The molecular weight excluding hydrogens is 394 g/mol. The van der Waals surface area contributed by atoms with Crippen LogP contribution in [-0.2, 0) is 11.3 Å². The van der Waals surface area contributed by atoms with Gasteiger partial charge in [0.2, 0.25) is 5.72 Å². The molecule has 0 aromatic heterocycles. The Hall–Kier alpha value is -3.22. The molecule has 0 radical (unpaired) electrons. The van der Waals surface area contributed by atoms with Gasteiger partial charge in [-0.05, 0) is 51.5 Å². The number of hydrogen-bond acceptors (Lipinski definition) is 6. The molecule has 0 saturated heterocycles. The summed E-state index contributed by atoms with van der Waals surface area (Å²) < 4.78 is 11.5. The van der Waals surface area contributed by atoms with Gasteiger partial charge >= 0.3 is 0 Å². The van der Waals surface area contributed by atoms with E-state index in [0.717, 1.165) is 22.3 Å². The highest BCUT2D eigenvalue weighted by Gasteiger charge is 2.43. The largest absolute Gasteiger partial charge is 0.486 e. The lowest BCUT2D eigenvalue weighted by molar-refractivity contribution is -0.0993. The number of hydrazine groups is 1. The van der Waals surface area contributed by atoms with Crippen molar-refractivity contribution in [2.24, 2.45) is 5.16 Å². The normalized spacial score (nSPS) is 19.6. The Kier molecular flexibility index (Phi) is 5.52. The van der Waals surface area contributed by atoms with Crippen LogP contribution in [0.3, 0.4) is 0 Å². The summed E-state index contributed by atoms with van der Waals surface area (Å²) in [6, 6.07) is 9.76. The lowest BCUT2D eigenvalue weighted by Gasteiger charge is -2.33. The Morgan fingerprint density at radius 3 is 2.52 bits per heavy atom. The molecule has 2 heterocycles. The van der Waals surface area contributed by atoms with Gasteiger partial charge in [-0.2, -0.15) is 0 Å². The van der Waals surface area contributed by atoms with Crippen LogP contribution in [0.4, 0.5) is 0 Å². The van der Waals surface area contributed by atoms with Crippen molar-refractivity contribution in [3.05, 3.63) is 58.1 Å². The minimum Gasteiger partial charge on any atom is -0.486 e. The molecule has 1 unspecified atom stereocenters. The molecule has 2 aliphatic heterocycles. The molecule has 0 saturated carbocycles. The van der Waals surface area contributed by atoms with Gasteiger partial charge in [-0.25, -0.2) is 5.01 Å². The van der Waals surface area contributed by atoms with E-state index in [-0.39, 0.29) is 5.91 Å². The number of ether oxygens (including phenoxy) is 2. The minimum atomic E-state index is -0.789. The predicted octanol–water partition coefficient (Wildman–Crippen LogP) is 4.10. The van der Waals surface area contributed by atoms with E-state index in [0.29, 0.717) is 49.0 Å². The van der Waals surface area contributed by atoms with Gasteiger partial charge in [-0.15, -0.1) is 0 Å². The number of benzene rings is 2. The molecule has 7 nitrogen and oxygen atoms in total. The van der Waals surface area contributed by atoms with Crippen molar-refractivity contribution in [3.8, 4) is 11.5 Å². The number of amidine groups is 1. The van der Waals surface area contributed by atoms with Gasteiger partial charge in [0.05, 0.1) is 0 Å². The summed E-state index contributed by atoms with van der Waals surface area (Å²) in [5, 5.41) is 6.07. The van der Waals surface area contributed by atoms with Crippen LogP contribution < -0.4 is 14.9 Å². The Morgan fingerprint density at radius 2 is 1.84 bits per heavy atom. The summed E-state index contributed by atoms with van der Waals surface area (Å²) in [6.45, 7) is 11.0. The predicted molar refractivity (Wildman–Crippen MR) is 118 cm³/mol. The smallest absolute Gasteiger partial charge is 0.270 e. The van der Waals surface area contributed by atoms with Gasteiger partial charge in [0.15, 0.2) is 17.3 Å². The van der Waals surface area contributed by atoms with Crippen molar-refractivity contribution < 1.29 is 19.1 Å². The number of amides is 1. The first kappa shape index (κ1) is 21.0. The fourth-order valence-electron chi connectivity index (χ4n) is 4.03. The monoisotopic (exact) mass is 423 g/mol. The highest BCUT2D eigenvalue weighted by atomic mass is 16.7. The number of carbonyl (C=O) groups is 1. The highest BCUT2D eigenvalue weighted by Crippen LogP contribution is 2.37. The van der Waals surface area contributed by atoms with Crippen LogP contribution in [0, 0.1) is 13.8 Å². The second-order valence-corrected chi connectivity index (χ2v) is 8.16. The molecule has 2 aliphatic rings. The Balaban J connectivity index is 1.69. The van der Waals surface area contributed by atoms with Gasteiger partial charge < -0.3 is 14.3 Å². The number of hydrogen-bond donors (Lipinski definition) is 1. The van der Waals surface area contributed by atoms with E-state index >= 15 is 0 Å². The molecule has 0 fully saturated rings. The van der Waals surface area contributed by atoms with Gasteiger partial charge in [0, 0.05) is 23.1 Å². The van der Waals surface area contributed by atoms with Crippen molar-refractivity contribution in [2.45, 2.75) is 53.2 Å². The first-order valence-corrected chi connectivity index (χ1v) is 10.7. The number of carbonyl (C=O) groups excluding carboxylic acids is 1. The maximum atomic E-state index is 13.4. The zero-order chi connectivity index (χ0) is 22.2. The van der Waals surface area contributed by atoms with Crippen molar-refractivity contribution in [2.75, 3.05) is 13.2 Å². The molecule has 31 heavy (non-hydrogen) atoms. The summed E-state index contributed by atoms with van der Waals surface area (Å²) in [5.41, 5.74) is 6.78. The molecule has 1 atom stereocenters. The average molecular weight is 424 g/mol. The molecule has 2 aromatic carbocycles. The van der Waals surface area contributed by atoms with E-state index in [1.165, 1.54) is 0 Å². The van der Waals surface area contributed by atoms with E-state index in [4.69, 9.17) is 14.3 Å². The van der Waals surface area contributed by atoms with Crippen molar-refractivity contribution in [3.63, 3.8) is 0 Å². The summed E-state index contributed by atoms with van der Waals surface area (Å²) >= 11 is 0. The second kappa shape index (κ2) is 8.13. The lowest BCUT2D eigenvalue weighted by Crippen LogP contribution is -2.56. The maximum absolute atomic E-state index is 13.4. The molecule has 1 N–H and O–H groups in total. The van der Waals surface area contributed by atoms with Crippen LogP contribution in [0.5, 0.6) is 11.5 Å². The van der Waals surface area contributed by atoms with E-state index in [9.17, 15) is 4.79 Å². The SMILES string of the molecule is CCc1c(C(=O)NN2C(c3cc(C)cc(C)c3)=NOC2(C)CC)ccc2c1OCCO2. The maximum Gasteiger partial charge on any atom is 0.270 e. The van der Waals surface area contributed by atoms with E-state index in [1.54, 1.807) is 17.1 Å². The van der Waals surface area contributed by atoms with Gasteiger partial charge in [0.1, 0.15) is 13.2 Å².